The highest BCUT2D eigenvalue weighted by Gasteiger charge is 2.39. The third-order valence-corrected chi connectivity index (χ3v) is 5.27. The predicted molar refractivity (Wildman–Crippen MR) is 76.1 cm³/mol. The van der Waals surface area contributed by atoms with Crippen molar-refractivity contribution in [2.45, 2.75) is 76.2 Å². The van der Waals surface area contributed by atoms with Crippen LogP contribution in [-0.4, -0.2) is 18.0 Å². The molecule has 0 aromatic heterocycles. The van der Waals surface area contributed by atoms with Gasteiger partial charge in [0.2, 0.25) is 0 Å². The molecule has 2 heteroatoms. The van der Waals surface area contributed by atoms with Crippen molar-refractivity contribution in [3.05, 3.63) is 11.6 Å². The SMILES string of the molecule is O=C1C=C(C2CCOC3(CCCCC3)C2)CCCC1. The molecule has 0 aromatic rings. The monoisotopic (exact) mass is 262 g/mol. The Balaban J connectivity index is 1.71. The molecule has 1 heterocycles. The van der Waals surface area contributed by atoms with Gasteiger partial charge in [-0.1, -0.05) is 24.8 Å². The lowest BCUT2D eigenvalue weighted by Gasteiger charge is -2.44. The maximum atomic E-state index is 11.8. The zero-order chi connectivity index (χ0) is 13.1. The maximum Gasteiger partial charge on any atom is 0.155 e. The Morgan fingerprint density at radius 3 is 2.68 bits per heavy atom. The first-order valence-corrected chi connectivity index (χ1v) is 8.15. The van der Waals surface area contributed by atoms with E-state index in [9.17, 15) is 4.79 Å². The quantitative estimate of drug-likeness (QED) is 0.708. The van der Waals surface area contributed by atoms with Crippen molar-refractivity contribution < 1.29 is 9.53 Å². The summed E-state index contributed by atoms with van der Waals surface area (Å²) >= 11 is 0. The molecule has 1 aliphatic heterocycles. The third-order valence-electron chi connectivity index (χ3n) is 5.27. The summed E-state index contributed by atoms with van der Waals surface area (Å²) in [6.45, 7) is 0.899. The number of rotatable bonds is 1. The Bertz CT molecular complexity index is 358. The van der Waals surface area contributed by atoms with Crippen molar-refractivity contribution in [2.75, 3.05) is 6.61 Å². The lowest BCUT2D eigenvalue weighted by Crippen LogP contribution is -2.41. The van der Waals surface area contributed by atoms with E-state index in [2.05, 4.69) is 0 Å². The highest BCUT2D eigenvalue weighted by atomic mass is 16.5. The van der Waals surface area contributed by atoms with Gasteiger partial charge in [-0.05, 0) is 56.9 Å². The standard InChI is InChI=1S/C17H26O2/c18-16-7-3-2-6-14(12-16)15-8-11-19-17(13-15)9-4-1-5-10-17/h12,15H,1-11,13H2. The highest BCUT2D eigenvalue weighted by molar-refractivity contribution is 5.90. The summed E-state index contributed by atoms with van der Waals surface area (Å²) in [6.07, 6.45) is 15.0. The van der Waals surface area contributed by atoms with Crippen LogP contribution in [0.4, 0.5) is 0 Å². The summed E-state index contributed by atoms with van der Waals surface area (Å²) in [5, 5.41) is 0. The molecule has 19 heavy (non-hydrogen) atoms. The normalized spacial score (nSPS) is 31.9. The molecule has 3 aliphatic rings. The summed E-state index contributed by atoms with van der Waals surface area (Å²) in [7, 11) is 0. The number of carbonyl (C=O) groups is 1. The molecule has 2 aliphatic carbocycles. The van der Waals surface area contributed by atoms with Gasteiger partial charge < -0.3 is 4.74 Å². The van der Waals surface area contributed by atoms with Gasteiger partial charge in [-0.3, -0.25) is 4.79 Å². The predicted octanol–water partition coefficient (Wildman–Crippen LogP) is 4.19. The molecule has 1 saturated carbocycles. The van der Waals surface area contributed by atoms with Crippen molar-refractivity contribution in [1.82, 2.24) is 0 Å². The third kappa shape index (κ3) is 3.10. The van der Waals surface area contributed by atoms with E-state index in [0.29, 0.717) is 11.7 Å². The van der Waals surface area contributed by atoms with Crippen LogP contribution in [-0.2, 0) is 9.53 Å². The van der Waals surface area contributed by atoms with Gasteiger partial charge in [0, 0.05) is 13.0 Å². The largest absolute Gasteiger partial charge is 0.375 e. The molecule has 0 aromatic carbocycles. The second-order valence-electron chi connectivity index (χ2n) is 6.67. The fourth-order valence-electron chi connectivity index (χ4n) is 4.19. The minimum atomic E-state index is 0.164. The molecular formula is C17H26O2. The van der Waals surface area contributed by atoms with Crippen LogP contribution in [0.25, 0.3) is 0 Å². The van der Waals surface area contributed by atoms with Crippen molar-refractivity contribution in [3.8, 4) is 0 Å². The Morgan fingerprint density at radius 1 is 1.05 bits per heavy atom. The summed E-state index contributed by atoms with van der Waals surface area (Å²) in [6, 6.07) is 0. The molecule has 1 atom stereocenters. The minimum absolute atomic E-state index is 0.164. The Hall–Kier alpha value is -0.630. The Kier molecular flexibility index (Phi) is 4.07. The molecule has 1 saturated heterocycles. The number of carbonyl (C=O) groups excluding carboxylic acids is 1. The number of ether oxygens (including phenoxy) is 1. The van der Waals surface area contributed by atoms with Crippen molar-refractivity contribution >= 4 is 5.78 Å². The van der Waals surface area contributed by atoms with Crippen molar-refractivity contribution in [2.24, 2.45) is 5.92 Å². The molecule has 0 N–H and O–H groups in total. The molecular weight excluding hydrogens is 236 g/mol. The Morgan fingerprint density at radius 2 is 1.84 bits per heavy atom. The van der Waals surface area contributed by atoms with Gasteiger partial charge in [0.1, 0.15) is 0 Å². The van der Waals surface area contributed by atoms with Gasteiger partial charge in [0.15, 0.2) is 5.78 Å². The molecule has 3 rings (SSSR count). The lowest BCUT2D eigenvalue weighted by atomic mass is 9.73. The van der Waals surface area contributed by atoms with E-state index < -0.39 is 0 Å². The molecule has 1 unspecified atom stereocenters. The van der Waals surface area contributed by atoms with Crippen LogP contribution in [0.1, 0.15) is 70.6 Å². The zero-order valence-electron chi connectivity index (χ0n) is 12.0. The van der Waals surface area contributed by atoms with Crippen LogP contribution in [0, 0.1) is 5.92 Å². The molecule has 2 fully saturated rings. The van der Waals surface area contributed by atoms with E-state index in [1.807, 2.05) is 6.08 Å². The lowest BCUT2D eigenvalue weighted by molar-refractivity contribution is -0.115. The summed E-state index contributed by atoms with van der Waals surface area (Å²) < 4.78 is 6.17. The Labute approximate surface area is 116 Å². The minimum Gasteiger partial charge on any atom is -0.375 e. The van der Waals surface area contributed by atoms with E-state index in [1.54, 1.807) is 0 Å². The fraction of sp³-hybridized carbons (Fsp3) is 0.824. The average molecular weight is 262 g/mol. The first-order valence-electron chi connectivity index (χ1n) is 8.15. The van der Waals surface area contributed by atoms with Crippen LogP contribution in [0.3, 0.4) is 0 Å². The molecule has 0 radical (unpaired) electrons. The molecule has 0 amide bonds. The van der Waals surface area contributed by atoms with Gasteiger partial charge in [-0.25, -0.2) is 0 Å². The van der Waals surface area contributed by atoms with Gasteiger partial charge in [0.25, 0.3) is 0 Å². The number of hydrogen-bond donors (Lipinski definition) is 0. The average Bonchev–Trinajstić information content (AvgIpc) is 2.64. The van der Waals surface area contributed by atoms with Gasteiger partial charge in [-0.2, -0.15) is 0 Å². The molecule has 1 spiro atoms. The maximum absolute atomic E-state index is 11.8. The summed E-state index contributed by atoms with van der Waals surface area (Å²) in [5.74, 6) is 0.977. The van der Waals surface area contributed by atoms with E-state index in [4.69, 9.17) is 4.74 Å². The van der Waals surface area contributed by atoms with Crippen molar-refractivity contribution in [1.29, 1.82) is 0 Å². The first kappa shape index (κ1) is 13.4. The van der Waals surface area contributed by atoms with Crippen LogP contribution in [0.15, 0.2) is 11.6 Å². The van der Waals surface area contributed by atoms with Gasteiger partial charge in [-0.15, -0.1) is 0 Å². The number of ketones is 1. The number of allylic oxidation sites excluding steroid dienone is 2. The van der Waals surface area contributed by atoms with Crippen LogP contribution in [0.2, 0.25) is 0 Å². The zero-order valence-corrected chi connectivity index (χ0v) is 12.0. The molecule has 0 bridgehead atoms. The second kappa shape index (κ2) is 5.78. The molecule has 106 valence electrons. The van der Waals surface area contributed by atoms with Gasteiger partial charge in [0.05, 0.1) is 5.60 Å². The highest BCUT2D eigenvalue weighted by Crippen LogP contribution is 2.43. The van der Waals surface area contributed by atoms with E-state index in [1.165, 1.54) is 50.5 Å². The first-order chi connectivity index (χ1) is 9.27. The van der Waals surface area contributed by atoms with E-state index in [0.717, 1.165) is 32.3 Å². The number of hydrogen-bond acceptors (Lipinski definition) is 2. The molecule has 2 nitrogen and oxygen atoms in total. The second-order valence-corrected chi connectivity index (χ2v) is 6.67. The topological polar surface area (TPSA) is 26.3 Å². The summed E-state index contributed by atoms with van der Waals surface area (Å²) in [4.78, 5) is 11.8. The van der Waals surface area contributed by atoms with Crippen LogP contribution >= 0.6 is 0 Å². The van der Waals surface area contributed by atoms with E-state index in [-0.39, 0.29) is 5.60 Å². The fourth-order valence-corrected chi connectivity index (χ4v) is 4.19. The van der Waals surface area contributed by atoms with Crippen LogP contribution < -0.4 is 0 Å². The van der Waals surface area contributed by atoms with Gasteiger partial charge >= 0.3 is 0 Å². The van der Waals surface area contributed by atoms with Crippen LogP contribution in [0.5, 0.6) is 0 Å². The van der Waals surface area contributed by atoms with E-state index >= 15 is 0 Å². The summed E-state index contributed by atoms with van der Waals surface area (Å²) in [5.41, 5.74) is 1.60. The van der Waals surface area contributed by atoms with Crippen molar-refractivity contribution in [3.63, 3.8) is 0 Å². The smallest absolute Gasteiger partial charge is 0.155 e.